The molecule has 1 aromatic carbocycles. The number of hydrogen-bond donors (Lipinski definition) is 0. The Kier molecular flexibility index (Phi) is 7.13. The third-order valence-corrected chi connectivity index (χ3v) is 6.41. The number of rotatable bonds is 8. The molecule has 1 atom stereocenters. The van der Waals surface area contributed by atoms with Crippen molar-refractivity contribution in [3.63, 3.8) is 0 Å². The van der Waals surface area contributed by atoms with Crippen LogP contribution in [0.2, 0.25) is 0 Å². The van der Waals surface area contributed by atoms with Gasteiger partial charge in [0, 0.05) is 23.6 Å². The van der Waals surface area contributed by atoms with E-state index in [0.717, 1.165) is 35.5 Å². The first-order chi connectivity index (χ1) is 14.0. The molecule has 2 heterocycles. The van der Waals surface area contributed by atoms with Gasteiger partial charge in [-0.1, -0.05) is 23.4 Å². The van der Waals surface area contributed by atoms with Crippen LogP contribution < -0.4 is 4.74 Å². The van der Waals surface area contributed by atoms with Gasteiger partial charge in [0.2, 0.25) is 5.89 Å². The molecule has 1 aromatic heterocycles. The van der Waals surface area contributed by atoms with E-state index < -0.39 is 0 Å². The number of aryl methyl sites for hydroxylation is 2. The van der Waals surface area contributed by atoms with Gasteiger partial charge in [0.05, 0.1) is 24.8 Å². The monoisotopic (exact) mass is 435 g/mol. The molecule has 156 valence electrons. The number of thioether (sulfide) groups is 1. The molecular weight excluding hydrogens is 410 g/mol. The molecule has 7 nitrogen and oxygen atoms in total. The third kappa shape index (κ3) is 4.72. The summed E-state index contributed by atoms with van der Waals surface area (Å²) >= 11 is 7.21. The van der Waals surface area contributed by atoms with E-state index in [9.17, 15) is 4.79 Å². The highest BCUT2D eigenvalue weighted by Crippen LogP contribution is 2.34. The minimum absolute atomic E-state index is 0.0893. The molecule has 1 fully saturated rings. The molecule has 0 spiro atoms. The second kappa shape index (κ2) is 9.58. The minimum Gasteiger partial charge on any atom is -0.496 e. The average molecular weight is 436 g/mol. The van der Waals surface area contributed by atoms with Crippen molar-refractivity contribution in [2.45, 2.75) is 38.5 Å². The molecule has 2 aromatic rings. The number of benzene rings is 1. The maximum Gasteiger partial charge on any atom is 0.338 e. The van der Waals surface area contributed by atoms with Gasteiger partial charge in [-0.3, -0.25) is 0 Å². The Morgan fingerprint density at radius 1 is 1.38 bits per heavy atom. The molecule has 0 saturated carbocycles. The lowest BCUT2D eigenvalue weighted by molar-refractivity contribution is 0.0598. The lowest BCUT2D eigenvalue weighted by atomic mass is 10.0. The highest BCUT2D eigenvalue weighted by atomic mass is 32.2. The van der Waals surface area contributed by atoms with E-state index in [0.29, 0.717) is 34.5 Å². The Morgan fingerprint density at radius 2 is 2.17 bits per heavy atom. The summed E-state index contributed by atoms with van der Waals surface area (Å²) in [6.07, 6.45) is 1.94. The van der Waals surface area contributed by atoms with Gasteiger partial charge in [-0.25, -0.2) is 4.79 Å². The van der Waals surface area contributed by atoms with Crippen molar-refractivity contribution in [2.75, 3.05) is 26.5 Å². The third-order valence-electron chi connectivity index (χ3n) is 4.92. The van der Waals surface area contributed by atoms with Crippen LogP contribution in [0.3, 0.4) is 0 Å². The van der Waals surface area contributed by atoms with E-state index >= 15 is 0 Å². The summed E-state index contributed by atoms with van der Waals surface area (Å²) in [7, 11) is 2.99. The minimum atomic E-state index is -0.359. The standard InChI is InChI=1S/C20H25N3O4S2/c1-12-7-8-16(25-3)14(18(12)20(24)26-4)10-29-11-15(19-21-13(2)22-27-19)23-9-5-6-17(23)28/h7-8,15H,5-6,9-11H2,1-4H3. The molecule has 1 unspecified atom stereocenters. The summed E-state index contributed by atoms with van der Waals surface area (Å²) in [4.78, 5) is 19.9. The quantitative estimate of drug-likeness (QED) is 0.453. The van der Waals surface area contributed by atoms with Gasteiger partial charge in [-0.15, -0.1) is 0 Å². The van der Waals surface area contributed by atoms with Gasteiger partial charge in [0.25, 0.3) is 0 Å². The van der Waals surface area contributed by atoms with E-state index in [4.69, 9.17) is 26.2 Å². The first-order valence-electron chi connectivity index (χ1n) is 9.38. The molecule has 0 bridgehead atoms. The number of methoxy groups -OCH3 is 2. The molecular formula is C20H25N3O4S2. The number of thiocarbonyl (C=S) groups is 1. The first kappa shape index (κ1) is 21.6. The van der Waals surface area contributed by atoms with E-state index in [1.165, 1.54) is 7.11 Å². The molecule has 9 heteroatoms. The average Bonchev–Trinajstić information content (AvgIpc) is 3.33. The fourth-order valence-corrected chi connectivity index (χ4v) is 5.00. The summed E-state index contributed by atoms with van der Waals surface area (Å²) < 4.78 is 16.0. The maximum absolute atomic E-state index is 12.4. The Bertz CT molecular complexity index is 900. The fraction of sp³-hybridized carbons (Fsp3) is 0.500. The predicted molar refractivity (Wildman–Crippen MR) is 116 cm³/mol. The summed E-state index contributed by atoms with van der Waals surface area (Å²) in [5, 5.41) is 3.94. The molecule has 1 aliphatic heterocycles. The number of nitrogens with zero attached hydrogens (tertiary/aromatic N) is 3. The van der Waals surface area contributed by atoms with Crippen LogP contribution in [0, 0.1) is 13.8 Å². The largest absolute Gasteiger partial charge is 0.496 e. The maximum atomic E-state index is 12.4. The zero-order chi connectivity index (χ0) is 21.0. The van der Waals surface area contributed by atoms with Gasteiger partial charge < -0.3 is 18.9 Å². The van der Waals surface area contributed by atoms with Crippen molar-refractivity contribution in [1.29, 1.82) is 0 Å². The normalized spacial score (nSPS) is 14.9. The fourth-order valence-electron chi connectivity index (χ4n) is 3.48. The van der Waals surface area contributed by atoms with Crippen LogP contribution in [0.1, 0.15) is 52.1 Å². The molecule has 0 aliphatic carbocycles. The number of ether oxygens (including phenoxy) is 2. The Labute approximate surface area is 180 Å². The number of hydrogen-bond acceptors (Lipinski definition) is 8. The van der Waals surface area contributed by atoms with Crippen LogP contribution in [0.15, 0.2) is 16.7 Å². The molecule has 29 heavy (non-hydrogen) atoms. The second-order valence-electron chi connectivity index (χ2n) is 6.83. The van der Waals surface area contributed by atoms with Crippen LogP contribution in [0.25, 0.3) is 0 Å². The number of esters is 1. The summed E-state index contributed by atoms with van der Waals surface area (Å²) in [5.74, 6) is 2.77. The van der Waals surface area contributed by atoms with Crippen molar-refractivity contribution in [1.82, 2.24) is 15.0 Å². The smallest absolute Gasteiger partial charge is 0.338 e. The lowest BCUT2D eigenvalue weighted by Gasteiger charge is -2.26. The SMILES string of the molecule is COC(=O)c1c(C)ccc(OC)c1CSCC(c1nc(C)no1)N1CCCC1=S. The molecule has 0 amide bonds. The van der Waals surface area contributed by atoms with E-state index in [1.54, 1.807) is 25.8 Å². The van der Waals surface area contributed by atoms with Gasteiger partial charge in [-0.05, 0) is 38.3 Å². The highest BCUT2D eigenvalue weighted by Gasteiger charge is 2.31. The van der Waals surface area contributed by atoms with E-state index in [2.05, 4.69) is 15.0 Å². The number of likely N-dealkylation sites (tertiary alicyclic amines) is 1. The Morgan fingerprint density at radius 3 is 2.76 bits per heavy atom. The highest BCUT2D eigenvalue weighted by molar-refractivity contribution is 7.98. The summed E-state index contributed by atoms with van der Waals surface area (Å²) in [5.41, 5.74) is 2.24. The topological polar surface area (TPSA) is 77.7 Å². The van der Waals surface area contributed by atoms with Crippen LogP contribution >= 0.6 is 24.0 Å². The van der Waals surface area contributed by atoms with E-state index in [-0.39, 0.29) is 12.0 Å². The lowest BCUT2D eigenvalue weighted by Crippen LogP contribution is -2.30. The molecule has 0 N–H and O–H groups in total. The van der Waals surface area contributed by atoms with E-state index in [1.807, 2.05) is 19.1 Å². The first-order valence-corrected chi connectivity index (χ1v) is 10.9. The molecule has 1 aliphatic rings. The van der Waals surface area contributed by atoms with Gasteiger partial charge >= 0.3 is 5.97 Å². The van der Waals surface area contributed by atoms with Crippen LogP contribution in [0.5, 0.6) is 5.75 Å². The van der Waals surface area contributed by atoms with Crippen molar-refractivity contribution in [3.8, 4) is 5.75 Å². The number of carbonyl (C=O) groups is 1. The van der Waals surface area contributed by atoms with Crippen molar-refractivity contribution >= 4 is 34.9 Å². The molecule has 1 saturated heterocycles. The van der Waals surface area contributed by atoms with Gasteiger partial charge in [0.1, 0.15) is 11.8 Å². The van der Waals surface area contributed by atoms with Crippen LogP contribution in [-0.2, 0) is 10.5 Å². The number of aromatic nitrogens is 2. The Balaban J connectivity index is 1.82. The van der Waals surface area contributed by atoms with Crippen LogP contribution in [-0.4, -0.2) is 52.5 Å². The summed E-state index contributed by atoms with van der Waals surface area (Å²) in [6.45, 7) is 4.58. The van der Waals surface area contributed by atoms with Crippen LogP contribution in [0.4, 0.5) is 0 Å². The predicted octanol–water partition coefficient (Wildman–Crippen LogP) is 3.88. The molecule has 3 rings (SSSR count). The Hall–Kier alpha value is -2.13. The second-order valence-corrected chi connectivity index (χ2v) is 8.33. The molecule has 0 radical (unpaired) electrons. The van der Waals surface area contributed by atoms with Crippen molar-refractivity contribution < 1.29 is 18.8 Å². The van der Waals surface area contributed by atoms with Crippen molar-refractivity contribution in [3.05, 3.63) is 40.5 Å². The van der Waals surface area contributed by atoms with Gasteiger partial charge in [0.15, 0.2) is 5.82 Å². The van der Waals surface area contributed by atoms with Gasteiger partial charge in [-0.2, -0.15) is 16.7 Å². The van der Waals surface area contributed by atoms with Crippen molar-refractivity contribution in [2.24, 2.45) is 0 Å². The zero-order valence-corrected chi connectivity index (χ0v) is 18.7. The number of carbonyl (C=O) groups excluding carboxylic acids is 1. The summed E-state index contributed by atoms with van der Waals surface area (Å²) in [6, 6.07) is 3.66. The zero-order valence-electron chi connectivity index (χ0n) is 17.1.